The number of imidazole rings is 1. The standard InChI is InChI=1S/C24H19N5O2/c1-16-14-22(29(28-16)24-25-20-12-5-6-13-21(20)26-24)27-23(30)17-8-7-11-19(15-17)31-18-9-3-2-4-10-18/h2-15H,1H3,(H,25,26)(H,27,30). The van der Waals surface area contributed by atoms with Crippen molar-refractivity contribution in [1.82, 2.24) is 19.7 Å². The highest BCUT2D eigenvalue weighted by Crippen LogP contribution is 2.23. The normalized spacial score (nSPS) is 10.9. The largest absolute Gasteiger partial charge is 0.457 e. The lowest BCUT2D eigenvalue weighted by molar-refractivity contribution is 0.102. The van der Waals surface area contributed by atoms with Gasteiger partial charge in [-0.05, 0) is 49.4 Å². The first-order chi connectivity index (χ1) is 15.2. The number of aromatic nitrogens is 4. The van der Waals surface area contributed by atoms with Crippen molar-refractivity contribution in [3.05, 3.63) is 96.2 Å². The highest BCUT2D eigenvalue weighted by atomic mass is 16.5. The Kier molecular flexibility index (Phi) is 4.68. The van der Waals surface area contributed by atoms with Gasteiger partial charge in [-0.1, -0.05) is 36.4 Å². The summed E-state index contributed by atoms with van der Waals surface area (Å²) in [7, 11) is 0. The summed E-state index contributed by atoms with van der Waals surface area (Å²) in [6.07, 6.45) is 0. The average molecular weight is 409 g/mol. The molecule has 2 N–H and O–H groups in total. The minimum absolute atomic E-state index is 0.268. The smallest absolute Gasteiger partial charge is 0.256 e. The third kappa shape index (κ3) is 3.89. The number of benzene rings is 3. The number of H-pyrrole nitrogens is 1. The van der Waals surface area contributed by atoms with Crippen LogP contribution in [0.5, 0.6) is 11.5 Å². The predicted molar refractivity (Wildman–Crippen MR) is 119 cm³/mol. The van der Waals surface area contributed by atoms with Crippen LogP contribution >= 0.6 is 0 Å². The number of carbonyl (C=O) groups excluding carboxylic acids is 1. The van der Waals surface area contributed by atoms with Crippen LogP contribution in [0.4, 0.5) is 5.82 Å². The average Bonchev–Trinajstić information content (AvgIpc) is 3.37. The third-order valence-electron chi connectivity index (χ3n) is 4.73. The number of nitrogens with one attached hydrogen (secondary N) is 2. The highest BCUT2D eigenvalue weighted by molar-refractivity contribution is 6.04. The van der Waals surface area contributed by atoms with Gasteiger partial charge < -0.3 is 15.0 Å². The van der Waals surface area contributed by atoms with Crippen molar-refractivity contribution < 1.29 is 9.53 Å². The highest BCUT2D eigenvalue weighted by Gasteiger charge is 2.15. The number of hydrogen-bond acceptors (Lipinski definition) is 4. The van der Waals surface area contributed by atoms with E-state index in [0.29, 0.717) is 28.8 Å². The molecule has 0 radical (unpaired) electrons. The van der Waals surface area contributed by atoms with Crippen molar-refractivity contribution in [3.8, 4) is 17.4 Å². The van der Waals surface area contributed by atoms with Crippen LogP contribution in [0, 0.1) is 6.92 Å². The molecule has 0 saturated heterocycles. The first-order valence-corrected chi connectivity index (χ1v) is 9.82. The fourth-order valence-electron chi connectivity index (χ4n) is 3.30. The number of hydrogen-bond donors (Lipinski definition) is 2. The summed E-state index contributed by atoms with van der Waals surface area (Å²) in [4.78, 5) is 20.7. The summed E-state index contributed by atoms with van der Waals surface area (Å²) in [6, 6.07) is 26.0. The molecule has 7 heteroatoms. The lowest BCUT2D eigenvalue weighted by atomic mass is 10.2. The van der Waals surface area contributed by atoms with Crippen molar-refractivity contribution >= 4 is 22.8 Å². The number of aryl methyl sites for hydroxylation is 1. The molecule has 3 aromatic carbocycles. The number of carbonyl (C=O) groups is 1. The van der Waals surface area contributed by atoms with Gasteiger partial charge in [0.05, 0.1) is 16.7 Å². The van der Waals surface area contributed by atoms with E-state index < -0.39 is 0 Å². The quantitative estimate of drug-likeness (QED) is 0.423. The molecular formula is C24H19N5O2. The number of ether oxygens (including phenoxy) is 1. The Labute approximate surface area is 178 Å². The van der Waals surface area contributed by atoms with Gasteiger partial charge in [-0.2, -0.15) is 9.78 Å². The van der Waals surface area contributed by atoms with Crippen LogP contribution in [0.2, 0.25) is 0 Å². The van der Waals surface area contributed by atoms with Crippen LogP contribution < -0.4 is 10.1 Å². The monoisotopic (exact) mass is 409 g/mol. The second-order valence-electron chi connectivity index (χ2n) is 7.06. The molecule has 2 heterocycles. The van der Waals surface area contributed by atoms with Crippen molar-refractivity contribution in [1.29, 1.82) is 0 Å². The van der Waals surface area contributed by atoms with Gasteiger partial charge in [0.25, 0.3) is 5.91 Å². The minimum atomic E-state index is -0.268. The van der Waals surface area contributed by atoms with Crippen molar-refractivity contribution in [3.63, 3.8) is 0 Å². The first-order valence-electron chi connectivity index (χ1n) is 9.82. The topological polar surface area (TPSA) is 84.8 Å². The Morgan fingerprint density at radius 1 is 0.935 bits per heavy atom. The van der Waals surface area contributed by atoms with Gasteiger partial charge in [0.2, 0.25) is 5.95 Å². The van der Waals surface area contributed by atoms with Gasteiger partial charge in [0.1, 0.15) is 17.3 Å². The zero-order valence-corrected chi connectivity index (χ0v) is 16.7. The molecule has 0 aliphatic rings. The molecule has 0 bridgehead atoms. The van der Waals surface area contributed by atoms with Crippen LogP contribution in [0.1, 0.15) is 16.1 Å². The summed E-state index contributed by atoms with van der Waals surface area (Å²) in [5.41, 5.74) is 2.96. The lowest BCUT2D eigenvalue weighted by Crippen LogP contribution is -2.15. The molecule has 0 unspecified atom stereocenters. The zero-order valence-electron chi connectivity index (χ0n) is 16.7. The molecule has 152 valence electrons. The molecule has 0 fully saturated rings. The van der Waals surface area contributed by atoms with Crippen molar-refractivity contribution in [2.24, 2.45) is 0 Å². The van der Waals surface area contributed by atoms with Crippen LogP contribution in [-0.2, 0) is 0 Å². The molecule has 0 aliphatic heterocycles. The summed E-state index contributed by atoms with van der Waals surface area (Å²) in [5, 5.41) is 7.41. The summed E-state index contributed by atoms with van der Waals surface area (Å²) >= 11 is 0. The molecule has 5 rings (SSSR count). The van der Waals surface area contributed by atoms with Gasteiger partial charge >= 0.3 is 0 Å². The van der Waals surface area contributed by atoms with Gasteiger partial charge in [-0.15, -0.1) is 0 Å². The maximum absolute atomic E-state index is 12.9. The van der Waals surface area contributed by atoms with Gasteiger partial charge in [-0.25, -0.2) is 4.98 Å². The van der Waals surface area contributed by atoms with E-state index in [1.807, 2.05) is 67.6 Å². The molecule has 31 heavy (non-hydrogen) atoms. The van der Waals surface area contributed by atoms with E-state index in [0.717, 1.165) is 16.7 Å². The second kappa shape index (κ2) is 7.79. The Hall–Kier alpha value is -4.39. The SMILES string of the molecule is Cc1cc(NC(=O)c2cccc(Oc3ccccc3)c2)n(-c2nc3ccccc3[nH]2)n1. The van der Waals surface area contributed by atoms with Crippen LogP contribution in [0.25, 0.3) is 17.0 Å². The fraction of sp³-hybridized carbons (Fsp3) is 0.0417. The number of para-hydroxylation sites is 3. The minimum Gasteiger partial charge on any atom is -0.457 e. The van der Waals surface area contributed by atoms with Gasteiger partial charge in [-0.3, -0.25) is 4.79 Å². The van der Waals surface area contributed by atoms with E-state index in [9.17, 15) is 4.79 Å². The van der Waals surface area contributed by atoms with Gasteiger partial charge in [0, 0.05) is 11.6 Å². The summed E-state index contributed by atoms with van der Waals surface area (Å²) in [6.45, 7) is 1.86. The summed E-state index contributed by atoms with van der Waals surface area (Å²) < 4.78 is 7.43. The number of rotatable bonds is 5. The lowest BCUT2D eigenvalue weighted by Gasteiger charge is -2.09. The van der Waals surface area contributed by atoms with E-state index in [-0.39, 0.29) is 5.91 Å². The van der Waals surface area contributed by atoms with Crippen LogP contribution in [-0.4, -0.2) is 25.7 Å². The second-order valence-corrected chi connectivity index (χ2v) is 7.06. The molecule has 7 nitrogen and oxygen atoms in total. The van der Waals surface area contributed by atoms with Crippen LogP contribution in [0.15, 0.2) is 84.9 Å². The molecule has 0 aliphatic carbocycles. The van der Waals surface area contributed by atoms with E-state index in [1.54, 1.807) is 28.9 Å². The number of aromatic amines is 1. The van der Waals surface area contributed by atoms with Crippen LogP contribution in [0.3, 0.4) is 0 Å². The Balaban J connectivity index is 1.40. The zero-order chi connectivity index (χ0) is 21.2. The Morgan fingerprint density at radius 2 is 1.71 bits per heavy atom. The van der Waals surface area contributed by atoms with Crippen molar-refractivity contribution in [2.75, 3.05) is 5.32 Å². The summed E-state index contributed by atoms with van der Waals surface area (Å²) in [5.74, 6) is 2.08. The number of fused-ring (bicyclic) bond motifs is 1. The Bertz CT molecular complexity index is 1340. The maximum atomic E-state index is 12.9. The van der Waals surface area contributed by atoms with Crippen molar-refractivity contribution in [2.45, 2.75) is 6.92 Å². The van der Waals surface area contributed by atoms with E-state index in [2.05, 4.69) is 20.4 Å². The molecular weight excluding hydrogens is 390 g/mol. The van der Waals surface area contributed by atoms with Gasteiger partial charge in [0.15, 0.2) is 0 Å². The molecule has 2 aromatic heterocycles. The van der Waals surface area contributed by atoms with E-state index >= 15 is 0 Å². The number of amides is 1. The first kappa shape index (κ1) is 18.6. The maximum Gasteiger partial charge on any atom is 0.256 e. The molecule has 0 saturated carbocycles. The molecule has 1 amide bonds. The van der Waals surface area contributed by atoms with E-state index in [4.69, 9.17) is 4.74 Å². The third-order valence-corrected chi connectivity index (χ3v) is 4.73. The molecule has 0 atom stereocenters. The number of nitrogens with zero attached hydrogens (tertiary/aromatic N) is 3. The van der Waals surface area contributed by atoms with E-state index in [1.165, 1.54) is 0 Å². The molecule has 5 aromatic rings. The Morgan fingerprint density at radius 3 is 2.55 bits per heavy atom. The molecule has 0 spiro atoms. The number of anilines is 1. The predicted octanol–water partition coefficient (Wildman–Crippen LogP) is 5.10. The fourth-order valence-corrected chi connectivity index (χ4v) is 3.30.